The Balaban J connectivity index is 1.50. The van der Waals surface area contributed by atoms with E-state index in [0.29, 0.717) is 34.4 Å². The van der Waals surface area contributed by atoms with Crippen LogP contribution in [0, 0.1) is 13.8 Å². The predicted molar refractivity (Wildman–Crippen MR) is 108 cm³/mol. The predicted octanol–water partition coefficient (Wildman–Crippen LogP) is 3.01. The van der Waals surface area contributed by atoms with Crippen molar-refractivity contribution in [2.75, 3.05) is 16.8 Å². The number of carbonyl (C=O) groups is 1. The van der Waals surface area contributed by atoms with Crippen molar-refractivity contribution in [1.82, 2.24) is 20.0 Å². The molecule has 1 saturated heterocycles. The van der Waals surface area contributed by atoms with Crippen molar-refractivity contribution in [3.63, 3.8) is 0 Å². The fraction of sp³-hybridized carbons (Fsp3) is 0.667. The average molecular weight is 424 g/mol. The van der Waals surface area contributed by atoms with Crippen molar-refractivity contribution in [2.45, 2.75) is 64.3 Å². The molecule has 2 aromatic rings. The zero-order valence-electron chi connectivity index (χ0n) is 16.1. The number of hydrogen-bond donors (Lipinski definition) is 1. The second kappa shape index (κ2) is 7.55. The molecule has 4 rings (SSSR count). The van der Waals surface area contributed by atoms with E-state index in [9.17, 15) is 13.2 Å². The maximum atomic E-state index is 12.9. The monoisotopic (exact) mass is 423 g/mol. The van der Waals surface area contributed by atoms with E-state index in [1.165, 1.54) is 30.6 Å². The molecule has 1 aliphatic carbocycles. The number of sulfone groups is 1. The molecule has 0 bridgehead atoms. The molecule has 1 N–H and O–H groups in total. The standard InChI is InChI=1S/C18H25N5O3S2/c1-11-15(12(2)23(22-11)14-8-9-28(25,26)10-14)16(24)19-18-21-20-17(27-18)13-6-4-3-5-7-13/h13-14H,3-10H2,1-2H3,(H,19,21,24). The van der Waals surface area contributed by atoms with E-state index in [1.54, 1.807) is 11.6 Å². The molecule has 1 atom stereocenters. The third-order valence-electron chi connectivity index (χ3n) is 5.72. The minimum atomic E-state index is -3.02. The van der Waals surface area contributed by atoms with Crippen molar-refractivity contribution in [2.24, 2.45) is 0 Å². The summed E-state index contributed by atoms with van der Waals surface area (Å²) in [5.41, 5.74) is 1.77. The van der Waals surface area contributed by atoms with Crippen LogP contribution in [0.3, 0.4) is 0 Å². The lowest BCUT2D eigenvalue weighted by Crippen LogP contribution is -2.16. The van der Waals surface area contributed by atoms with Gasteiger partial charge in [0.25, 0.3) is 5.91 Å². The SMILES string of the molecule is Cc1nn(C2CCS(=O)(=O)C2)c(C)c1C(=O)Nc1nnc(C2CCCCC2)s1. The number of aromatic nitrogens is 4. The Hall–Kier alpha value is -1.81. The third kappa shape index (κ3) is 3.84. The van der Waals surface area contributed by atoms with Crippen molar-refractivity contribution >= 4 is 32.2 Å². The summed E-state index contributed by atoms with van der Waals surface area (Å²) in [4.78, 5) is 12.9. The molecule has 1 amide bonds. The first-order valence-corrected chi connectivity index (χ1v) is 12.4. The van der Waals surface area contributed by atoms with Gasteiger partial charge in [0.05, 0.1) is 28.8 Å². The molecule has 2 fully saturated rings. The Kier molecular flexibility index (Phi) is 5.26. The Bertz CT molecular complexity index is 989. The lowest BCUT2D eigenvalue weighted by molar-refractivity contribution is 0.102. The van der Waals surface area contributed by atoms with Crippen LogP contribution in [-0.4, -0.2) is 45.8 Å². The van der Waals surface area contributed by atoms with Gasteiger partial charge in [-0.25, -0.2) is 8.42 Å². The van der Waals surface area contributed by atoms with E-state index in [4.69, 9.17) is 0 Å². The number of amides is 1. The van der Waals surface area contributed by atoms with Crippen molar-refractivity contribution < 1.29 is 13.2 Å². The molecule has 8 nitrogen and oxygen atoms in total. The van der Waals surface area contributed by atoms with Gasteiger partial charge in [-0.05, 0) is 33.1 Å². The van der Waals surface area contributed by atoms with Crippen molar-refractivity contribution in [1.29, 1.82) is 0 Å². The van der Waals surface area contributed by atoms with Crippen molar-refractivity contribution in [3.8, 4) is 0 Å². The first kappa shape index (κ1) is 19.5. The van der Waals surface area contributed by atoms with Crippen molar-refractivity contribution in [3.05, 3.63) is 22.0 Å². The van der Waals surface area contributed by atoms with Crippen LogP contribution in [0.25, 0.3) is 0 Å². The van der Waals surface area contributed by atoms with Crippen LogP contribution in [0.5, 0.6) is 0 Å². The highest BCUT2D eigenvalue weighted by atomic mass is 32.2. The summed E-state index contributed by atoms with van der Waals surface area (Å²) < 4.78 is 25.3. The lowest BCUT2D eigenvalue weighted by atomic mass is 9.90. The van der Waals surface area contributed by atoms with Gasteiger partial charge in [-0.3, -0.25) is 14.8 Å². The van der Waals surface area contributed by atoms with Crippen LogP contribution >= 0.6 is 11.3 Å². The summed E-state index contributed by atoms with van der Waals surface area (Å²) >= 11 is 1.45. The van der Waals surface area contributed by atoms with Crippen LogP contribution in [0.1, 0.15) is 77.2 Å². The van der Waals surface area contributed by atoms with Crippen LogP contribution in [0.2, 0.25) is 0 Å². The molecule has 1 unspecified atom stereocenters. The molecule has 0 radical (unpaired) electrons. The number of anilines is 1. The molecule has 28 heavy (non-hydrogen) atoms. The topological polar surface area (TPSA) is 107 Å². The second-order valence-electron chi connectivity index (χ2n) is 7.78. The van der Waals surface area contributed by atoms with E-state index < -0.39 is 9.84 Å². The Labute approximate surface area is 168 Å². The van der Waals surface area contributed by atoms with Crippen LogP contribution < -0.4 is 5.32 Å². The summed E-state index contributed by atoms with van der Waals surface area (Å²) in [6.07, 6.45) is 6.53. The van der Waals surface area contributed by atoms with Gasteiger partial charge >= 0.3 is 0 Å². The van der Waals surface area contributed by atoms with Crippen LogP contribution in [0.15, 0.2) is 0 Å². The van der Waals surface area contributed by atoms with E-state index >= 15 is 0 Å². The molecule has 1 aliphatic heterocycles. The van der Waals surface area contributed by atoms with E-state index in [-0.39, 0.29) is 23.5 Å². The van der Waals surface area contributed by atoms with Crippen LogP contribution in [0.4, 0.5) is 5.13 Å². The van der Waals surface area contributed by atoms with Gasteiger partial charge in [0.2, 0.25) is 5.13 Å². The minimum Gasteiger partial charge on any atom is -0.296 e. The number of carbonyl (C=O) groups excluding carboxylic acids is 1. The third-order valence-corrected chi connectivity index (χ3v) is 8.47. The molecule has 152 valence electrons. The second-order valence-corrected chi connectivity index (χ2v) is 11.0. The van der Waals surface area contributed by atoms with Gasteiger partial charge in [0, 0.05) is 11.6 Å². The number of aryl methyl sites for hydroxylation is 1. The smallest absolute Gasteiger partial charge is 0.261 e. The Morgan fingerprint density at radius 2 is 1.89 bits per heavy atom. The minimum absolute atomic E-state index is 0.0805. The highest BCUT2D eigenvalue weighted by Gasteiger charge is 2.32. The lowest BCUT2D eigenvalue weighted by Gasteiger charge is -2.18. The highest BCUT2D eigenvalue weighted by Crippen LogP contribution is 2.35. The van der Waals surface area contributed by atoms with E-state index in [1.807, 2.05) is 6.92 Å². The molecule has 0 aromatic carbocycles. The van der Waals surface area contributed by atoms with E-state index in [2.05, 4.69) is 20.6 Å². The molecule has 3 heterocycles. The molecule has 1 saturated carbocycles. The first-order valence-electron chi connectivity index (χ1n) is 9.75. The average Bonchev–Trinajstić information content (AvgIpc) is 3.33. The van der Waals surface area contributed by atoms with Gasteiger partial charge in [0.15, 0.2) is 9.84 Å². The molecule has 10 heteroatoms. The highest BCUT2D eigenvalue weighted by molar-refractivity contribution is 7.91. The molecule has 2 aliphatic rings. The molecule has 2 aromatic heterocycles. The number of rotatable bonds is 4. The molecular weight excluding hydrogens is 398 g/mol. The first-order chi connectivity index (χ1) is 13.3. The molecular formula is C18H25N5O3S2. The summed E-state index contributed by atoms with van der Waals surface area (Å²) in [7, 11) is -3.02. The largest absolute Gasteiger partial charge is 0.296 e. The number of nitrogens with zero attached hydrogens (tertiary/aromatic N) is 4. The van der Waals surface area contributed by atoms with Gasteiger partial charge in [0.1, 0.15) is 5.01 Å². The zero-order chi connectivity index (χ0) is 19.9. The Morgan fingerprint density at radius 3 is 2.57 bits per heavy atom. The number of nitrogens with one attached hydrogen (secondary N) is 1. The quantitative estimate of drug-likeness (QED) is 0.810. The summed E-state index contributed by atoms with van der Waals surface area (Å²) in [5, 5.41) is 17.2. The van der Waals surface area contributed by atoms with Gasteiger partial charge in [-0.15, -0.1) is 10.2 Å². The number of hydrogen-bond acceptors (Lipinski definition) is 7. The van der Waals surface area contributed by atoms with E-state index in [0.717, 1.165) is 17.8 Å². The summed E-state index contributed by atoms with van der Waals surface area (Å²) in [6.45, 7) is 3.59. The zero-order valence-corrected chi connectivity index (χ0v) is 17.8. The maximum Gasteiger partial charge on any atom is 0.261 e. The molecule has 0 spiro atoms. The normalized spacial score (nSPS) is 22.4. The van der Waals surface area contributed by atoms with Gasteiger partial charge < -0.3 is 0 Å². The fourth-order valence-corrected chi connectivity index (χ4v) is 6.87. The maximum absolute atomic E-state index is 12.9. The van der Waals surface area contributed by atoms with Gasteiger partial charge in [-0.2, -0.15) is 5.10 Å². The summed E-state index contributed by atoms with van der Waals surface area (Å²) in [5.74, 6) is 0.435. The Morgan fingerprint density at radius 1 is 1.14 bits per heavy atom. The fourth-order valence-electron chi connectivity index (χ4n) is 4.27. The summed E-state index contributed by atoms with van der Waals surface area (Å²) in [6, 6.07) is -0.204. The van der Waals surface area contributed by atoms with Gasteiger partial charge in [-0.1, -0.05) is 30.6 Å². The van der Waals surface area contributed by atoms with Crippen LogP contribution in [-0.2, 0) is 9.84 Å².